The van der Waals surface area contributed by atoms with Crippen LogP contribution in [0.4, 0.5) is 0 Å². The van der Waals surface area contributed by atoms with Crippen molar-refractivity contribution in [3.63, 3.8) is 0 Å². The molecule has 0 radical (unpaired) electrons. The van der Waals surface area contributed by atoms with Crippen molar-refractivity contribution in [2.45, 2.75) is 30.7 Å². The van der Waals surface area contributed by atoms with Crippen LogP contribution < -0.4 is 9.47 Å². The molecule has 1 heterocycles. The van der Waals surface area contributed by atoms with Gasteiger partial charge in [0.1, 0.15) is 0 Å². The van der Waals surface area contributed by atoms with Gasteiger partial charge in [0.25, 0.3) is 0 Å². The third kappa shape index (κ3) is 2.90. The summed E-state index contributed by atoms with van der Waals surface area (Å²) in [5, 5.41) is 0. The van der Waals surface area contributed by atoms with Crippen LogP contribution in [0, 0.1) is 0 Å². The molecule has 1 aliphatic rings. The molecule has 0 bridgehead atoms. The van der Waals surface area contributed by atoms with Gasteiger partial charge in [0.2, 0.25) is 0 Å². The third-order valence-corrected chi connectivity index (χ3v) is 3.68. The molecule has 0 amide bonds. The van der Waals surface area contributed by atoms with Crippen LogP contribution in [0.1, 0.15) is 31.4 Å². The first-order valence-corrected chi connectivity index (χ1v) is 6.46. The summed E-state index contributed by atoms with van der Waals surface area (Å²) in [6, 6.07) is 5.86. The fourth-order valence-corrected chi connectivity index (χ4v) is 2.45. The predicted octanol–water partition coefficient (Wildman–Crippen LogP) is 3.55. The van der Waals surface area contributed by atoms with Gasteiger partial charge in [-0.25, -0.2) is 0 Å². The largest absolute Gasteiger partial charge is 0.493 e. The molecule has 1 aliphatic heterocycles. The molecule has 0 saturated carbocycles. The summed E-state index contributed by atoms with van der Waals surface area (Å²) in [5.74, 6) is 1.45. The second-order valence-electron chi connectivity index (χ2n) is 4.84. The van der Waals surface area contributed by atoms with Crippen LogP contribution in [0.3, 0.4) is 0 Å². The summed E-state index contributed by atoms with van der Waals surface area (Å²) in [6.07, 6.45) is 1.73. The minimum Gasteiger partial charge on any atom is -0.493 e. The lowest BCUT2D eigenvalue weighted by Gasteiger charge is -2.33. The second kappa shape index (κ2) is 5.37. The first kappa shape index (κ1) is 13.5. The molecular weight excluding hydrogens is 252 g/mol. The van der Waals surface area contributed by atoms with Crippen molar-refractivity contribution in [2.24, 2.45) is 0 Å². The lowest BCUT2D eigenvalue weighted by molar-refractivity contribution is 0.000576. The Morgan fingerprint density at radius 2 is 2.00 bits per heavy atom. The standard InChI is InChI=1S/C14H19ClO3/c1-14(15)6-7-18-13(9-14)10-4-5-11(16-2)12(8-10)17-3/h4-5,8,13H,6-7,9H2,1-3H3. The molecule has 2 rings (SSSR count). The van der Waals surface area contributed by atoms with Gasteiger partial charge in [0.05, 0.1) is 20.3 Å². The maximum atomic E-state index is 6.41. The van der Waals surface area contributed by atoms with E-state index in [-0.39, 0.29) is 11.0 Å². The van der Waals surface area contributed by atoms with Gasteiger partial charge >= 0.3 is 0 Å². The molecule has 1 aromatic rings. The van der Waals surface area contributed by atoms with E-state index < -0.39 is 0 Å². The zero-order valence-electron chi connectivity index (χ0n) is 11.0. The first-order chi connectivity index (χ1) is 8.55. The van der Waals surface area contributed by atoms with Gasteiger partial charge in [-0.1, -0.05) is 6.07 Å². The maximum Gasteiger partial charge on any atom is 0.161 e. The van der Waals surface area contributed by atoms with Crippen molar-refractivity contribution in [1.82, 2.24) is 0 Å². The van der Waals surface area contributed by atoms with Crippen molar-refractivity contribution >= 4 is 11.6 Å². The molecule has 18 heavy (non-hydrogen) atoms. The maximum absolute atomic E-state index is 6.41. The fourth-order valence-electron chi connectivity index (χ4n) is 2.23. The summed E-state index contributed by atoms with van der Waals surface area (Å²) in [4.78, 5) is -0.184. The number of halogens is 1. The second-order valence-corrected chi connectivity index (χ2v) is 5.75. The van der Waals surface area contributed by atoms with Crippen molar-refractivity contribution in [3.05, 3.63) is 23.8 Å². The molecule has 0 N–H and O–H groups in total. The van der Waals surface area contributed by atoms with Gasteiger partial charge < -0.3 is 14.2 Å². The summed E-state index contributed by atoms with van der Waals surface area (Å²) in [6.45, 7) is 2.75. The van der Waals surface area contributed by atoms with Gasteiger partial charge in [-0.05, 0) is 37.5 Å². The van der Waals surface area contributed by atoms with Crippen LogP contribution in [0.25, 0.3) is 0 Å². The number of methoxy groups -OCH3 is 2. The fraction of sp³-hybridized carbons (Fsp3) is 0.571. The molecule has 100 valence electrons. The Morgan fingerprint density at radius 1 is 1.28 bits per heavy atom. The van der Waals surface area contributed by atoms with E-state index in [1.54, 1.807) is 14.2 Å². The Balaban J connectivity index is 2.23. The van der Waals surface area contributed by atoms with E-state index in [0.717, 1.165) is 29.9 Å². The van der Waals surface area contributed by atoms with Gasteiger partial charge in [-0.3, -0.25) is 0 Å². The number of hydrogen-bond donors (Lipinski definition) is 0. The van der Waals surface area contributed by atoms with E-state index in [1.807, 2.05) is 18.2 Å². The zero-order chi connectivity index (χ0) is 13.2. The van der Waals surface area contributed by atoms with Crippen molar-refractivity contribution < 1.29 is 14.2 Å². The quantitative estimate of drug-likeness (QED) is 0.786. The van der Waals surface area contributed by atoms with Crippen LogP contribution in [0.5, 0.6) is 11.5 Å². The molecule has 0 spiro atoms. The Bertz CT molecular complexity index is 418. The molecule has 4 heteroatoms. The van der Waals surface area contributed by atoms with E-state index in [4.69, 9.17) is 25.8 Å². The molecule has 1 fully saturated rings. The zero-order valence-corrected chi connectivity index (χ0v) is 11.8. The van der Waals surface area contributed by atoms with Gasteiger partial charge in [0, 0.05) is 11.5 Å². The summed E-state index contributed by atoms with van der Waals surface area (Å²) < 4.78 is 16.3. The highest BCUT2D eigenvalue weighted by atomic mass is 35.5. The minimum absolute atomic E-state index is 0.0288. The number of benzene rings is 1. The summed E-state index contributed by atoms with van der Waals surface area (Å²) in [5.41, 5.74) is 1.08. The Hall–Kier alpha value is -0.930. The van der Waals surface area contributed by atoms with Crippen molar-refractivity contribution in [2.75, 3.05) is 20.8 Å². The molecule has 1 aromatic carbocycles. The van der Waals surface area contributed by atoms with Gasteiger partial charge in [0.15, 0.2) is 11.5 Å². The van der Waals surface area contributed by atoms with Crippen LogP contribution in [-0.2, 0) is 4.74 Å². The van der Waals surface area contributed by atoms with Crippen LogP contribution in [-0.4, -0.2) is 25.7 Å². The number of ether oxygens (including phenoxy) is 3. The number of alkyl halides is 1. The lowest BCUT2D eigenvalue weighted by atomic mass is 9.92. The first-order valence-electron chi connectivity index (χ1n) is 6.08. The monoisotopic (exact) mass is 270 g/mol. The molecule has 0 aromatic heterocycles. The average Bonchev–Trinajstić information content (AvgIpc) is 2.36. The van der Waals surface area contributed by atoms with E-state index in [0.29, 0.717) is 6.61 Å². The van der Waals surface area contributed by atoms with E-state index in [9.17, 15) is 0 Å². The summed E-state index contributed by atoms with van der Waals surface area (Å²) >= 11 is 6.41. The Kier molecular flexibility index (Phi) is 4.03. The average molecular weight is 271 g/mol. The van der Waals surface area contributed by atoms with E-state index >= 15 is 0 Å². The highest BCUT2D eigenvalue weighted by Crippen LogP contribution is 2.40. The lowest BCUT2D eigenvalue weighted by Crippen LogP contribution is -2.29. The molecule has 2 unspecified atom stereocenters. The SMILES string of the molecule is COc1ccc(C2CC(C)(Cl)CCO2)cc1OC. The minimum atomic E-state index is -0.184. The molecule has 1 saturated heterocycles. The van der Waals surface area contributed by atoms with Crippen LogP contribution >= 0.6 is 11.6 Å². The van der Waals surface area contributed by atoms with Crippen molar-refractivity contribution in [1.29, 1.82) is 0 Å². The van der Waals surface area contributed by atoms with Gasteiger partial charge in [-0.2, -0.15) is 0 Å². The molecular formula is C14H19ClO3. The third-order valence-electron chi connectivity index (χ3n) is 3.33. The predicted molar refractivity (Wildman–Crippen MR) is 71.7 cm³/mol. The Morgan fingerprint density at radius 3 is 2.61 bits per heavy atom. The molecule has 3 nitrogen and oxygen atoms in total. The highest BCUT2D eigenvalue weighted by Gasteiger charge is 2.32. The number of rotatable bonds is 3. The molecule has 0 aliphatic carbocycles. The Labute approximate surface area is 113 Å². The van der Waals surface area contributed by atoms with E-state index in [1.165, 1.54) is 0 Å². The summed E-state index contributed by atoms with van der Waals surface area (Å²) in [7, 11) is 3.26. The van der Waals surface area contributed by atoms with Crippen molar-refractivity contribution in [3.8, 4) is 11.5 Å². The highest BCUT2D eigenvalue weighted by molar-refractivity contribution is 6.23. The normalized spacial score (nSPS) is 27.9. The smallest absolute Gasteiger partial charge is 0.161 e. The van der Waals surface area contributed by atoms with Gasteiger partial charge in [-0.15, -0.1) is 11.6 Å². The van der Waals surface area contributed by atoms with Crippen LogP contribution in [0.2, 0.25) is 0 Å². The van der Waals surface area contributed by atoms with E-state index in [2.05, 4.69) is 6.92 Å². The number of hydrogen-bond acceptors (Lipinski definition) is 3. The molecule has 2 atom stereocenters. The topological polar surface area (TPSA) is 27.7 Å². The van der Waals surface area contributed by atoms with Crippen LogP contribution in [0.15, 0.2) is 18.2 Å².